The first-order valence-electron chi connectivity index (χ1n) is 5.64. The van der Waals surface area contributed by atoms with E-state index in [1.807, 2.05) is 0 Å². The number of piperidine rings is 1. The molecule has 1 fully saturated rings. The van der Waals surface area contributed by atoms with Crippen molar-refractivity contribution in [1.82, 2.24) is 10.6 Å². The lowest BCUT2D eigenvalue weighted by Gasteiger charge is -2.23. The van der Waals surface area contributed by atoms with Gasteiger partial charge in [-0.2, -0.15) is 0 Å². The molecule has 0 spiro atoms. The molecule has 1 heterocycles. The van der Waals surface area contributed by atoms with Crippen molar-refractivity contribution < 1.29 is 9.18 Å². The third-order valence-electron chi connectivity index (χ3n) is 2.86. The quantitative estimate of drug-likeness (QED) is 0.878. The van der Waals surface area contributed by atoms with E-state index in [-0.39, 0.29) is 17.5 Å². The van der Waals surface area contributed by atoms with Gasteiger partial charge in [0.05, 0.1) is 5.56 Å². The fraction of sp³-hybridized carbons (Fsp3) is 0.417. The molecule has 1 aliphatic rings. The zero-order chi connectivity index (χ0) is 12.3. The van der Waals surface area contributed by atoms with Crippen LogP contribution in [0.25, 0.3) is 0 Å². The summed E-state index contributed by atoms with van der Waals surface area (Å²) in [4.78, 5) is 12.0. The molecule has 0 unspecified atom stereocenters. The third kappa shape index (κ3) is 3.04. The van der Waals surface area contributed by atoms with Gasteiger partial charge < -0.3 is 10.6 Å². The molecule has 1 aromatic rings. The highest BCUT2D eigenvalue weighted by Crippen LogP contribution is 2.19. The number of carbonyl (C=O) groups excluding carboxylic acids is 1. The van der Waals surface area contributed by atoms with Gasteiger partial charge in [0.2, 0.25) is 0 Å². The summed E-state index contributed by atoms with van der Waals surface area (Å²) in [5.74, 6) is -0.840. The van der Waals surface area contributed by atoms with Crippen molar-refractivity contribution in [2.45, 2.75) is 18.9 Å². The van der Waals surface area contributed by atoms with E-state index in [9.17, 15) is 9.18 Å². The van der Waals surface area contributed by atoms with Gasteiger partial charge in [0.15, 0.2) is 0 Å². The van der Waals surface area contributed by atoms with Gasteiger partial charge in [-0.1, -0.05) is 6.07 Å². The van der Waals surface area contributed by atoms with Crippen molar-refractivity contribution in [1.29, 1.82) is 0 Å². The Hall–Kier alpha value is -0.940. The Bertz CT molecular complexity index is 399. The molecule has 0 bridgehead atoms. The number of hydrogen-bond donors (Lipinski definition) is 2. The summed E-state index contributed by atoms with van der Waals surface area (Å²) in [7, 11) is 0. The Morgan fingerprint density at radius 2 is 2.12 bits per heavy atom. The van der Waals surface area contributed by atoms with Gasteiger partial charge in [0.1, 0.15) is 5.82 Å². The van der Waals surface area contributed by atoms with Gasteiger partial charge in [-0.25, -0.2) is 4.39 Å². The molecule has 2 N–H and O–H groups in total. The molecule has 0 saturated carbocycles. The number of amides is 1. The highest BCUT2D eigenvalue weighted by atomic mass is 79.9. The van der Waals surface area contributed by atoms with Crippen LogP contribution in [0.15, 0.2) is 22.7 Å². The van der Waals surface area contributed by atoms with Gasteiger partial charge in [-0.15, -0.1) is 0 Å². The molecular formula is C12H14BrFN2O. The summed E-state index contributed by atoms with van der Waals surface area (Å²) in [5.41, 5.74) is 0.0889. The fourth-order valence-corrected chi connectivity index (χ4v) is 2.46. The number of rotatable bonds is 2. The maximum Gasteiger partial charge on any atom is 0.255 e. The van der Waals surface area contributed by atoms with Crippen LogP contribution in [0.5, 0.6) is 0 Å². The normalized spacial score (nSPS) is 16.8. The molecule has 1 aliphatic heterocycles. The van der Waals surface area contributed by atoms with Gasteiger partial charge in [0, 0.05) is 10.5 Å². The van der Waals surface area contributed by atoms with Crippen LogP contribution in [0.2, 0.25) is 0 Å². The van der Waals surface area contributed by atoms with E-state index in [4.69, 9.17) is 0 Å². The van der Waals surface area contributed by atoms with Crippen molar-refractivity contribution in [3.63, 3.8) is 0 Å². The summed E-state index contributed by atoms with van der Waals surface area (Å²) < 4.78 is 14.0. The van der Waals surface area contributed by atoms with E-state index in [1.54, 1.807) is 12.1 Å². The number of benzene rings is 1. The maximum atomic E-state index is 13.6. The van der Waals surface area contributed by atoms with Gasteiger partial charge in [0.25, 0.3) is 5.91 Å². The summed E-state index contributed by atoms with van der Waals surface area (Å²) in [6, 6.07) is 4.67. The molecule has 1 amide bonds. The Balaban J connectivity index is 2.08. The second-order valence-corrected chi connectivity index (χ2v) is 4.95. The second kappa shape index (κ2) is 5.60. The lowest BCUT2D eigenvalue weighted by Crippen LogP contribution is -2.43. The lowest BCUT2D eigenvalue weighted by atomic mass is 10.1. The van der Waals surface area contributed by atoms with Crippen LogP contribution in [-0.2, 0) is 0 Å². The highest BCUT2D eigenvalue weighted by Gasteiger charge is 2.20. The number of carbonyl (C=O) groups is 1. The summed E-state index contributed by atoms with van der Waals surface area (Å²) in [6.07, 6.45) is 1.77. The van der Waals surface area contributed by atoms with Crippen LogP contribution in [-0.4, -0.2) is 25.0 Å². The van der Waals surface area contributed by atoms with Gasteiger partial charge >= 0.3 is 0 Å². The predicted octanol–water partition coefficient (Wildman–Crippen LogP) is 2.07. The van der Waals surface area contributed by atoms with Gasteiger partial charge in [-0.3, -0.25) is 4.79 Å². The average Bonchev–Trinajstić information content (AvgIpc) is 2.30. The first-order valence-corrected chi connectivity index (χ1v) is 6.43. The van der Waals surface area contributed by atoms with E-state index in [0.29, 0.717) is 4.47 Å². The molecule has 3 nitrogen and oxygen atoms in total. The van der Waals surface area contributed by atoms with Crippen molar-refractivity contribution in [2.75, 3.05) is 13.1 Å². The predicted molar refractivity (Wildman–Crippen MR) is 67.5 cm³/mol. The van der Waals surface area contributed by atoms with Crippen molar-refractivity contribution in [3.8, 4) is 0 Å². The highest BCUT2D eigenvalue weighted by molar-refractivity contribution is 9.10. The Morgan fingerprint density at radius 3 is 2.76 bits per heavy atom. The Kier molecular flexibility index (Phi) is 4.12. The molecule has 5 heteroatoms. The van der Waals surface area contributed by atoms with E-state index in [0.717, 1.165) is 25.9 Å². The van der Waals surface area contributed by atoms with Crippen LogP contribution in [0.1, 0.15) is 23.2 Å². The first kappa shape index (κ1) is 12.5. The Morgan fingerprint density at radius 1 is 1.41 bits per heavy atom. The van der Waals surface area contributed by atoms with E-state index in [2.05, 4.69) is 26.6 Å². The lowest BCUT2D eigenvalue weighted by molar-refractivity contribution is 0.0924. The van der Waals surface area contributed by atoms with E-state index >= 15 is 0 Å². The minimum Gasteiger partial charge on any atom is -0.349 e. The molecule has 0 radical (unpaired) electrons. The summed E-state index contributed by atoms with van der Waals surface area (Å²) >= 11 is 3.20. The maximum absolute atomic E-state index is 13.6. The van der Waals surface area contributed by atoms with E-state index in [1.165, 1.54) is 6.07 Å². The van der Waals surface area contributed by atoms with Crippen molar-refractivity contribution >= 4 is 21.8 Å². The van der Waals surface area contributed by atoms with Crippen LogP contribution < -0.4 is 10.6 Å². The van der Waals surface area contributed by atoms with E-state index < -0.39 is 5.82 Å². The standard InChI is InChI=1S/C12H14BrFN2O/c13-9-2-1-3-10(14)11(9)12(17)16-8-4-6-15-7-5-8/h1-3,8,15H,4-7H2,(H,16,17). The summed E-state index contributed by atoms with van der Waals surface area (Å²) in [6.45, 7) is 1.78. The summed E-state index contributed by atoms with van der Waals surface area (Å²) in [5, 5.41) is 6.08. The van der Waals surface area contributed by atoms with Crippen LogP contribution in [0.3, 0.4) is 0 Å². The zero-order valence-electron chi connectivity index (χ0n) is 9.30. The topological polar surface area (TPSA) is 41.1 Å². The SMILES string of the molecule is O=C(NC1CCNCC1)c1c(F)cccc1Br. The number of halogens is 2. The zero-order valence-corrected chi connectivity index (χ0v) is 10.9. The monoisotopic (exact) mass is 300 g/mol. The fourth-order valence-electron chi connectivity index (χ4n) is 1.94. The average molecular weight is 301 g/mol. The molecule has 1 aromatic carbocycles. The third-order valence-corrected chi connectivity index (χ3v) is 3.53. The molecule has 92 valence electrons. The molecular weight excluding hydrogens is 287 g/mol. The molecule has 17 heavy (non-hydrogen) atoms. The largest absolute Gasteiger partial charge is 0.349 e. The molecule has 0 aliphatic carbocycles. The van der Waals surface area contributed by atoms with Crippen LogP contribution in [0, 0.1) is 5.82 Å². The minimum absolute atomic E-state index is 0.0889. The van der Waals surface area contributed by atoms with Crippen molar-refractivity contribution in [3.05, 3.63) is 34.1 Å². The number of nitrogens with one attached hydrogen (secondary N) is 2. The Labute approximate surface area is 108 Å². The van der Waals surface area contributed by atoms with Crippen molar-refractivity contribution in [2.24, 2.45) is 0 Å². The second-order valence-electron chi connectivity index (χ2n) is 4.09. The van der Waals surface area contributed by atoms with Gasteiger partial charge in [-0.05, 0) is 54.0 Å². The smallest absolute Gasteiger partial charge is 0.255 e. The van der Waals surface area contributed by atoms with Crippen LogP contribution >= 0.6 is 15.9 Å². The van der Waals surface area contributed by atoms with Crippen LogP contribution in [0.4, 0.5) is 4.39 Å². The number of hydrogen-bond acceptors (Lipinski definition) is 2. The minimum atomic E-state index is -0.495. The molecule has 0 atom stereocenters. The first-order chi connectivity index (χ1) is 8.18. The molecule has 0 aromatic heterocycles. The molecule has 1 saturated heterocycles. The molecule has 2 rings (SSSR count).